The van der Waals surface area contributed by atoms with Crippen LogP contribution < -0.4 is 10.6 Å². The minimum Gasteiger partial charge on any atom is -0.369 e. The van der Waals surface area contributed by atoms with Crippen molar-refractivity contribution in [1.82, 2.24) is 9.97 Å². The maximum atomic E-state index is 4.48. The third-order valence-corrected chi connectivity index (χ3v) is 3.36. The SMILES string of the molecule is CNc1nc(NCC(C)C)c2cc(C)sc2n1. The van der Waals surface area contributed by atoms with Crippen molar-refractivity contribution in [1.29, 1.82) is 0 Å². The molecule has 2 heterocycles. The van der Waals surface area contributed by atoms with Gasteiger partial charge in [0, 0.05) is 18.5 Å². The topological polar surface area (TPSA) is 49.8 Å². The summed E-state index contributed by atoms with van der Waals surface area (Å²) in [6.07, 6.45) is 0. The zero-order valence-electron chi connectivity index (χ0n) is 10.7. The van der Waals surface area contributed by atoms with Crippen LogP contribution in [0.15, 0.2) is 6.07 Å². The van der Waals surface area contributed by atoms with E-state index in [9.17, 15) is 0 Å². The van der Waals surface area contributed by atoms with E-state index in [1.54, 1.807) is 11.3 Å². The van der Waals surface area contributed by atoms with Crippen LogP contribution in [-0.4, -0.2) is 23.6 Å². The molecular formula is C12H18N4S. The largest absolute Gasteiger partial charge is 0.369 e. The molecule has 2 aromatic rings. The summed E-state index contributed by atoms with van der Waals surface area (Å²) in [6.45, 7) is 7.38. The summed E-state index contributed by atoms with van der Waals surface area (Å²) in [7, 11) is 1.84. The first-order chi connectivity index (χ1) is 8.10. The van der Waals surface area contributed by atoms with Crippen molar-refractivity contribution >= 4 is 33.3 Å². The smallest absolute Gasteiger partial charge is 0.225 e. The maximum absolute atomic E-state index is 4.48. The van der Waals surface area contributed by atoms with Gasteiger partial charge in [-0.05, 0) is 18.9 Å². The average molecular weight is 250 g/mol. The first-order valence-electron chi connectivity index (χ1n) is 5.80. The summed E-state index contributed by atoms with van der Waals surface area (Å²) in [5, 5.41) is 7.51. The predicted octanol–water partition coefficient (Wildman–Crippen LogP) is 3.11. The lowest BCUT2D eigenvalue weighted by Gasteiger charge is -2.10. The molecule has 0 bridgehead atoms. The third kappa shape index (κ3) is 2.66. The molecule has 17 heavy (non-hydrogen) atoms. The van der Waals surface area contributed by atoms with Gasteiger partial charge in [0.25, 0.3) is 0 Å². The number of hydrogen-bond donors (Lipinski definition) is 2. The highest BCUT2D eigenvalue weighted by Crippen LogP contribution is 2.29. The van der Waals surface area contributed by atoms with Gasteiger partial charge in [0.2, 0.25) is 5.95 Å². The summed E-state index contributed by atoms with van der Waals surface area (Å²) in [4.78, 5) is 11.2. The van der Waals surface area contributed by atoms with Crippen molar-refractivity contribution in [3.8, 4) is 0 Å². The number of aromatic nitrogens is 2. The van der Waals surface area contributed by atoms with Gasteiger partial charge in [0.15, 0.2) is 0 Å². The van der Waals surface area contributed by atoms with E-state index in [1.807, 2.05) is 7.05 Å². The zero-order valence-corrected chi connectivity index (χ0v) is 11.5. The van der Waals surface area contributed by atoms with Gasteiger partial charge in [-0.3, -0.25) is 0 Å². The zero-order chi connectivity index (χ0) is 12.4. The number of anilines is 2. The van der Waals surface area contributed by atoms with Crippen molar-refractivity contribution in [2.24, 2.45) is 5.92 Å². The molecule has 4 nitrogen and oxygen atoms in total. The molecule has 0 amide bonds. The van der Waals surface area contributed by atoms with E-state index in [0.717, 1.165) is 22.6 Å². The second-order valence-electron chi connectivity index (χ2n) is 4.50. The highest BCUT2D eigenvalue weighted by atomic mass is 32.1. The van der Waals surface area contributed by atoms with Crippen molar-refractivity contribution < 1.29 is 0 Å². The molecule has 0 saturated carbocycles. The first-order valence-corrected chi connectivity index (χ1v) is 6.61. The maximum Gasteiger partial charge on any atom is 0.225 e. The van der Waals surface area contributed by atoms with Crippen LogP contribution in [0.3, 0.4) is 0 Å². The predicted molar refractivity (Wildman–Crippen MR) is 75.0 cm³/mol. The molecule has 5 heteroatoms. The standard InChI is InChI=1S/C12H18N4S/c1-7(2)6-14-10-9-5-8(3)17-11(9)16-12(13-4)15-10/h5,7H,6H2,1-4H3,(H2,13,14,15,16). The molecule has 0 aliphatic carbocycles. The molecule has 0 unspecified atom stereocenters. The van der Waals surface area contributed by atoms with E-state index < -0.39 is 0 Å². The highest BCUT2D eigenvalue weighted by molar-refractivity contribution is 7.18. The number of aryl methyl sites for hydroxylation is 1. The number of fused-ring (bicyclic) bond motifs is 1. The lowest BCUT2D eigenvalue weighted by Crippen LogP contribution is -2.10. The van der Waals surface area contributed by atoms with Crippen molar-refractivity contribution in [2.75, 3.05) is 24.2 Å². The van der Waals surface area contributed by atoms with Gasteiger partial charge in [-0.25, -0.2) is 4.98 Å². The number of nitrogens with one attached hydrogen (secondary N) is 2. The summed E-state index contributed by atoms with van der Waals surface area (Å²) < 4.78 is 0. The van der Waals surface area contributed by atoms with Crippen molar-refractivity contribution in [3.05, 3.63) is 10.9 Å². The third-order valence-electron chi connectivity index (χ3n) is 2.42. The molecule has 2 N–H and O–H groups in total. The van der Waals surface area contributed by atoms with Crippen molar-refractivity contribution in [3.63, 3.8) is 0 Å². The minimum absolute atomic E-state index is 0.595. The Balaban J connectivity index is 2.43. The quantitative estimate of drug-likeness (QED) is 0.875. The van der Waals surface area contributed by atoms with Gasteiger partial charge >= 0.3 is 0 Å². The molecule has 0 spiro atoms. The second-order valence-corrected chi connectivity index (χ2v) is 5.73. The molecule has 2 aromatic heterocycles. The van der Waals surface area contributed by atoms with Crippen LogP contribution in [0.25, 0.3) is 10.2 Å². The van der Waals surface area contributed by atoms with E-state index in [-0.39, 0.29) is 0 Å². The Morgan fingerprint density at radius 1 is 1.35 bits per heavy atom. The molecule has 0 saturated heterocycles. The molecule has 0 aliphatic rings. The van der Waals surface area contributed by atoms with E-state index in [4.69, 9.17) is 0 Å². The van der Waals surface area contributed by atoms with Crippen molar-refractivity contribution in [2.45, 2.75) is 20.8 Å². The molecular weight excluding hydrogens is 232 g/mol. The Bertz CT molecular complexity index is 518. The van der Waals surface area contributed by atoms with Gasteiger partial charge in [0.05, 0.1) is 5.39 Å². The minimum atomic E-state index is 0.595. The van der Waals surface area contributed by atoms with Crippen LogP contribution >= 0.6 is 11.3 Å². The first kappa shape index (κ1) is 12.1. The molecule has 0 aromatic carbocycles. The number of hydrogen-bond acceptors (Lipinski definition) is 5. The van der Waals surface area contributed by atoms with Crippen LogP contribution in [0.5, 0.6) is 0 Å². The Morgan fingerprint density at radius 2 is 2.12 bits per heavy atom. The normalized spacial score (nSPS) is 11.1. The number of rotatable bonds is 4. The number of thiophene rings is 1. The average Bonchev–Trinajstić information content (AvgIpc) is 2.65. The van der Waals surface area contributed by atoms with Crippen LogP contribution in [-0.2, 0) is 0 Å². The molecule has 2 rings (SSSR count). The van der Waals surface area contributed by atoms with Crippen LogP contribution in [0.4, 0.5) is 11.8 Å². The Morgan fingerprint density at radius 3 is 2.76 bits per heavy atom. The molecule has 0 aliphatic heterocycles. The summed E-state index contributed by atoms with van der Waals surface area (Å²) in [5.41, 5.74) is 0. The lowest BCUT2D eigenvalue weighted by molar-refractivity contribution is 0.687. The fraction of sp³-hybridized carbons (Fsp3) is 0.500. The molecule has 0 radical (unpaired) electrons. The number of nitrogens with zero attached hydrogens (tertiary/aromatic N) is 2. The summed E-state index contributed by atoms with van der Waals surface area (Å²) >= 11 is 1.70. The Hall–Kier alpha value is -1.36. The van der Waals surface area contributed by atoms with E-state index in [2.05, 4.69) is 47.4 Å². The van der Waals surface area contributed by atoms with Gasteiger partial charge in [-0.15, -0.1) is 11.3 Å². The fourth-order valence-corrected chi connectivity index (χ4v) is 2.47. The molecule has 0 atom stereocenters. The van der Waals surface area contributed by atoms with E-state index in [0.29, 0.717) is 11.9 Å². The molecule has 0 fully saturated rings. The summed E-state index contributed by atoms with van der Waals surface area (Å²) in [6, 6.07) is 2.14. The summed E-state index contributed by atoms with van der Waals surface area (Å²) in [5.74, 6) is 2.20. The van der Waals surface area contributed by atoms with Gasteiger partial charge < -0.3 is 10.6 Å². The van der Waals surface area contributed by atoms with Crippen LogP contribution in [0, 0.1) is 12.8 Å². The monoisotopic (exact) mass is 250 g/mol. The van der Waals surface area contributed by atoms with Gasteiger partial charge in [0.1, 0.15) is 10.6 Å². The Labute approximate surface area is 105 Å². The van der Waals surface area contributed by atoms with Gasteiger partial charge in [-0.1, -0.05) is 13.8 Å². The second kappa shape index (κ2) is 4.87. The highest BCUT2D eigenvalue weighted by Gasteiger charge is 2.09. The van der Waals surface area contributed by atoms with E-state index in [1.165, 1.54) is 4.88 Å². The molecule has 92 valence electrons. The Kier molecular flexibility index (Phi) is 3.47. The fourth-order valence-electron chi connectivity index (χ4n) is 1.59. The van der Waals surface area contributed by atoms with Crippen LogP contribution in [0.1, 0.15) is 18.7 Å². The van der Waals surface area contributed by atoms with Crippen LogP contribution in [0.2, 0.25) is 0 Å². The van der Waals surface area contributed by atoms with E-state index >= 15 is 0 Å². The lowest BCUT2D eigenvalue weighted by atomic mass is 10.2. The van der Waals surface area contributed by atoms with Gasteiger partial charge in [-0.2, -0.15) is 4.98 Å².